The number of halogens is 2. The maximum absolute atomic E-state index is 14.4. The second kappa shape index (κ2) is 5.28. The van der Waals surface area contributed by atoms with Crippen molar-refractivity contribution in [3.05, 3.63) is 63.9 Å². The summed E-state index contributed by atoms with van der Waals surface area (Å²) in [6.07, 6.45) is 2.56. The second-order valence-corrected chi connectivity index (χ2v) is 7.54. The van der Waals surface area contributed by atoms with Crippen molar-refractivity contribution in [3.8, 4) is 0 Å². The molecule has 1 heterocycles. The largest absolute Gasteiger partial charge is 0.317 e. The lowest BCUT2D eigenvalue weighted by Crippen LogP contribution is -2.56. The van der Waals surface area contributed by atoms with Gasteiger partial charge in [0.05, 0.1) is 33.0 Å². The molecular formula is C18H19BrFN2+. The number of quaternary nitrogens is 1. The molecule has 0 aliphatic carbocycles. The lowest BCUT2D eigenvalue weighted by Gasteiger charge is -2.42. The van der Waals surface area contributed by atoms with Gasteiger partial charge in [-0.15, -0.1) is 0 Å². The van der Waals surface area contributed by atoms with Crippen molar-refractivity contribution >= 4 is 27.8 Å². The summed E-state index contributed by atoms with van der Waals surface area (Å²) in [5.74, 6) is -0.181. The summed E-state index contributed by atoms with van der Waals surface area (Å²) < 4.78 is 15.8. The van der Waals surface area contributed by atoms with Gasteiger partial charge in [0.25, 0.3) is 0 Å². The van der Waals surface area contributed by atoms with E-state index in [1.54, 1.807) is 0 Å². The Morgan fingerprint density at radius 3 is 2.55 bits per heavy atom. The minimum Gasteiger partial charge on any atom is -0.317 e. The third kappa shape index (κ3) is 2.40. The molecule has 0 fully saturated rings. The van der Waals surface area contributed by atoms with Crippen molar-refractivity contribution in [2.24, 2.45) is 4.99 Å². The van der Waals surface area contributed by atoms with Crippen molar-refractivity contribution < 1.29 is 8.87 Å². The minimum atomic E-state index is -0.356. The molecule has 1 atom stereocenters. The molecule has 0 bridgehead atoms. The first kappa shape index (κ1) is 15.4. The molecule has 2 nitrogen and oxygen atoms in total. The fraction of sp³-hybridized carbons (Fsp3) is 0.278. The molecule has 0 saturated carbocycles. The van der Waals surface area contributed by atoms with Crippen molar-refractivity contribution in [1.29, 1.82) is 0 Å². The Hall–Kier alpha value is -1.52. The van der Waals surface area contributed by atoms with Gasteiger partial charge in [0.15, 0.2) is 5.54 Å². The third-order valence-corrected chi connectivity index (χ3v) is 4.95. The van der Waals surface area contributed by atoms with E-state index in [1.807, 2.05) is 36.5 Å². The maximum atomic E-state index is 14.4. The topological polar surface area (TPSA) is 12.4 Å². The molecule has 3 rings (SSSR count). The summed E-state index contributed by atoms with van der Waals surface area (Å²) in [5, 5.41) is 0. The highest BCUT2D eigenvalue weighted by molar-refractivity contribution is 9.10. The third-order valence-electron chi connectivity index (χ3n) is 4.46. The molecule has 0 radical (unpaired) electrons. The molecule has 0 saturated heterocycles. The minimum absolute atomic E-state index is 0.181. The standard InChI is InChI=1S/C18H19BrFN2/c1-22(2,3)18(11-13-8-9-14(19)10-16(13)20)12-21-17-7-5-4-6-15(17)18/h4-10,12H,11H2,1-3H3/q+1. The summed E-state index contributed by atoms with van der Waals surface area (Å²) in [6.45, 7) is 0. The summed E-state index contributed by atoms with van der Waals surface area (Å²) in [6, 6.07) is 13.4. The first-order valence-corrected chi connectivity index (χ1v) is 8.03. The second-order valence-electron chi connectivity index (χ2n) is 6.62. The number of likely N-dealkylation sites (N-methyl/N-ethyl adjacent to an activating group) is 1. The Morgan fingerprint density at radius 1 is 1.14 bits per heavy atom. The van der Waals surface area contributed by atoms with E-state index in [0.717, 1.165) is 15.7 Å². The lowest BCUT2D eigenvalue weighted by atomic mass is 9.82. The van der Waals surface area contributed by atoms with E-state index in [1.165, 1.54) is 6.07 Å². The molecule has 0 N–H and O–H groups in total. The highest BCUT2D eigenvalue weighted by Gasteiger charge is 2.48. The zero-order valence-electron chi connectivity index (χ0n) is 13.0. The summed E-state index contributed by atoms with van der Waals surface area (Å²) in [4.78, 5) is 4.59. The Morgan fingerprint density at radius 2 is 1.86 bits per heavy atom. The van der Waals surface area contributed by atoms with Crippen LogP contribution in [-0.2, 0) is 12.0 Å². The zero-order chi connectivity index (χ0) is 16.0. The lowest BCUT2D eigenvalue weighted by molar-refractivity contribution is -0.918. The molecular weight excluding hydrogens is 343 g/mol. The van der Waals surface area contributed by atoms with Crippen molar-refractivity contribution in [2.75, 3.05) is 21.1 Å². The Kier molecular flexibility index (Phi) is 3.69. The normalized spacial score (nSPS) is 20.2. The van der Waals surface area contributed by atoms with Crippen LogP contribution < -0.4 is 0 Å². The number of nitrogens with zero attached hydrogens (tertiary/aromatic N) is 2. The van der Waals surface area contributed by atoms with Crippen LogP contribution in [-0.4, -0.2) is 31.8 Å². The van der Waals surface area contributed by atoms with Crippen molar-refractivity contribution in [1.82, 2.24) is 0 Å². The van der Waals surface area contributed by atoms with Crippen LogP contribution in [0.4, 0.5) is 10.1 Å². The molecule has 1 aliphatic rings. The molecule has 114 valence electrons. The van der Waals surface area contributed by atoms with Gasteiger partial charge in [-0.3, -0.25) is 4.99 Å². The average molecular weight is 362 g/mol. The first-order valence-electron chi connectivity index (χ1n) is 7.24. The van der Waals surface area contributed by atoms with Gasteiger partial charge >= 0.3 is 0 Å². The predicted octanol–water partition coefficient (Wildman–Crippen LogP) is 4.45. The zero-order valence-corrected chi connectivity index (χ0v) is 14.6. The predicted molar refractivity (Wildman–Crippen MR) is 92.1 cm³/mol. The number of rotatable bonds is 3. The highest BCUT2D eigenvalue weighted by atomic mass is 79.9. The Labute approximate surface area is 139 Å². The van der Waals surface area contributed by atoms with Crippen LogP contribution in [0.5, 0.6) is 0 Å². The van der Waals surface area contributed by atoms with Crippen LogP contribution in [0.25, 0.3) is 0 Å². The number of para-hydroxylation sites is 1. The van der Waals surface area contributed by atoms with Crippen LogP contribution in [0, 0.1) is 5.82 Å². The van der Waals surface area contributed by atoms with Gasteiger partial charge in [0.2, 0.25) is 0 Å². The molecule has 22 heavy (non-hydrogen) atoms. The molecule has 1 aliphatic heterocycles. The average Bonchev–Trinajstić information content (AvgIpc) is 2.82. The molecule has 4 heteroatoms. The van der Waals surface area contributed by atoms with Crippen molar-refractivity contribution in [2.45, 2.75) is 12.0 Å². The molecule has 1 unspecified atom stereocenters. The van der Waals surface area contributed by atoms with Crippen LogP contribution in [0.15, 0.2) is 51.9 Å². The van der Waals surface area contributed by atoms with E-state index in [2.05, 4.69) is 48.1 Å². The summed E-state index contributed by atoms with van der Waals surface area (Å²) in [5.41, 5.74) is 2.49. The smallest absolute Gasteiger partial charge is 0.166 e. The number of hydrogen-bond acceptors (Lipinski definition) is 1. The molecule has 0 spiro atoms. The first-order chi connectivity index (χ1) is 10.3. The molecule has 0 amide bonds. The number of hydrogen-bond donors (Lipinski definition) is 0. The Bertz CT molecular complexity index is 749. The number of fused-ring (bicyclic) bond motifs is 1. The summed E-state index contributed by atoms with van der Waals surface area (Å²) in [7, 11) is 6.39. The van der Waals surface area contributed by atoms with Gasteiger partial charge in [0.1, 0.15) is 5.82 Å². The fourth-order valence-electron chi connectivity index (χ4n) is 3.07. The monoisotopic (exact) mass is 361 g/mol. The van der Waals surface area contributed by atoms with Gasteiger partial charge in [-0.25, -0.2) is 4.39 Å². The van der Waals surface area contributed by atoms with E-state index < -0.39 is 0 Å². The number of benzene rings is 2. The van der Waals surface area contributed by atoms with E-state index in [4.69, 9.17) is 0 Å². The molecule has 2 aromatic carbocycles. The molecule has 0 aromatic heterocycles. The van der Waals surface area contributed by atoms with E-state index in [0.29, 0.717) is 16.5 Å². The van der Waals surface area contributed by atoms with Gasteiger partial charge in [-0.2, -0.15) is 0 Å². The van der Waals surface area contributed by atoms with Gasteiger partial charge in [-0.1, -0.05) is 40.2 Å². The maximum Gasteiger partial charge on any atom is 0.166 e. The van der Waals surface area contributed by atoms with E-state index in [9.17, 15) is 4.39 Å². The number of aliphatic imine (C=N–C) groups is 1. The van der Waals surface area contributed by atoms with Crippen LogP contribution in [0.1, 0.15) is 11.1 Å². The van der Waals surface area contributed by atoms with Crippen LogP contribution >= 0.6 is 15.9 Å². The quantitative estimate of drug-likeness (QED) is 0.716. The van der Waals surface area contributed by atoms with Crippen LogP contribution in [0.2, 0.25) is 0 Å². The van der Waals surface area contributed by atoms with Gasteiger partial charge < -0.3 is 4.48 Å². The summed E-state index contributed by atoms with van der Waals surface area (Å²) >= 11 is 3.32. The molecule has 2 aromatic rings. The SMILES string of the molecule is C[N+](C)(C)C1(Cc2ccc(Br)cc2F)C=Nc2ccccc21. The van der Waals surface area contributed by atoms with E-state index >= 15 is 0 Å². The van der Waals surface area contributed by atoms with E-state index in [-0.39, 0.29) is 11.4 Å². The van der Waals surface area contributed by atoms with Gasteiger partial charge in [0, 0.05) is 16.5 Å². The van der Waals surface area contributed by atoms with Gasteiger partial charge in [-0.05, 0) is 23.8 Å². The van der Waals surface area contributed by atoms with Crippen LogP contribution in [0.3, 0.4) is 0 Å². The fourth-order valence-corrected chi connectivity index (χ4v) is 3.40. The highest BCUT2D eigenvalue weighted by Crippen LogP contribution is 2.43. The Balaban J connectivity index is 2.12. The van der Waals surface area contributed by atoms with Crippen molar-refractivity contribution in [3.63, 3.8) is 0 Å².